The summed E-state index contributed by atoms with van der Waals surface area (Å²) < 4.78 is 0. The van der Waals surface area contributed by atoms with E-state index in [0.29, 0.717) is 10.8 Å². The summed E-state index contributed by atoms with van der Waals surface area (Å²) in [6.07, 6.45) is 15.8. The van der Waals surface area contributed by atoms with Crippen molar-refractivity contribution in [2.24, 2.45) is 52.3 Å². The van der Waals surface area contributed by atoms with E-state index in [1.165, 1.54) is 51.4 Å². The molecule has 0 aromatic rings. The third-order valence-corrected chi connectivity index (χ3v) is 11.0. The molecule has 0 saturated heterocycles. The standard InChI is InChI=1S/C28H48O/c1-18(2)19(3)7-8-20(4)24-11-12-25-23-10-9-21-17-22(29)13-15-27(21,5)26(23)14-16-28(24,25)6/h12,18-24,26,29H,7-11,13-17H2,1-6H3/t19-,20+,21-,22+,23-,24-,26+,27-,28+/m0/s1. The van der Waals surface area contributed by atoms with Gasteiger partial charge in [-0.15, -0.1) is 0 Å². The zero-order valence-corrected chi connectivity index (χ0v) is 20.2. The van der Waals surface area contributed by atoms with Crippen molar-refractivity contribution >= 4 is 0 Å². The van der Waals surface area contributed by atoms with Gasteiger partial charge in [-0.2, -0.15) is 0 Å². The summed E-state index contributed by atoms with van der Waals surface area (Å²) in [6, 6.07) is 0. The molecule has 0 unspecified atom stereocenters. The van der Waals surface area contributed by atoms with Crippen molar-refractivity contribution in [3.05, 3.63) is 11.6 Å². The molecule has 0 aliphatic heterocycles. The Kier molecular flexibility index (Phi) is 6.04. The Hall–Kier alpha value is -0.300. The van der Waals surface area contributed by atoms with Crippen molar-refractivity contribution in [3.63, 3.8) is 0 Å². The maximum absolute atomic E-state index is 10.3. The van der Waals surface area contributed by atoms with Gasteiger partial charge < -0.3 is 5.11 Å². The predicted octanol–water partition coefficient (Wildman–Crippen LogP) is 7.63. The topological polar surface area (TPSA) is 20.2 Å². The SMILES string of the molecule is CC(C)[C@@H](C)CC[C@@H](C)[C@@H]1CC=C2[C@@H]3CC[C@H]4C[C@H](O)CC[C@]4(C)[C@@H]3CC[C@@]21C. The molecule has 9 atom stereocenters. The first-order chi connectivity index (χ1) is 13.7. The Bertz CT molecular complexity index is 620. The molecule has 0 heterocycles. The smallest absolute Gasteiger partial charge is 0.0543 e. The van der Waals surface area contributed by atoms with E-state index in [-0.39, 0.29) is 6.10 Å². The van der Waals surface area contributed by atoms with Crippen LogP contribution in [0.2, 0.25) is 0 Å². The minimum Gasteiger partial charge on any atom is -0.393 e. The molecular formula is C28H48O. The van der Waals surface area contributed by atoms with Gasteiger partial charge in [0.1, 0.15) is 0 Å². The maximum Gasteiger partial charge on any atom is 0.0543 e. The molecule has 1 N–H and O–H groups in total. The van der Waals surface area contributed by atoms with E-state index >= 15 is 0 Å². The van der Waals surface area contributed by atoms with E-state index in [1.54, 1.807) is 0 Å². The summed E-state index contributed by atoms with van der Waals surface area (Å²) in [5.41, 5.74) is 2.84. The molecule has 1 nitrogen and oxygen atoms in total. The van der Waals surface area contributed by atoms with Crippen LogP contribution >= 0.6 is 0 Å². The summed E-state index contributed by atoms with van der Waals surface area (Å²) in [4.78, 5) is 0. The zero-order chi connectivity index (χ0) is 21.0. The van der Waals surface area contributed by atoms with Crippen LogP contribution in [0.25, 0.3) is 0 Å². The fraction of sp³-hybridized carbons (Fsp3) is 0.929. The largest absolute Gasteiger partial charge is 0.393 e. The second kappa shape index (κ2) is 7.99. The Labute approximate surface area is 181 Å². The molecule has 29 heavy (non-hydrogen) atoms. The fourth-order valence-electron chi connectivity index (χ4n) is 8.52. The van der Waals surface area contributed by atoms with Crippen molar-refractivity contribution < 1.29 is 5.11 Å². The Morgan fingerprint density at radius 2 is 1.76 bits per heavy atom. The molecule has 4 aliphatic carbocycles. The molecule has 3 saturated carbocycles. The van der Waals surface area contributed by atoms with E-state index in [2.05, 4.69) is 47.6 Å². The molecule has 0 radical (unpaired) electrons. The van der Waals surface area contributed by atoms with Crippen molar-refractivity contribution in [3.8, 4) is 0 Å². The van der Waals surface area contributed by atoms with Crippen molar-refractivity contribution in [2.75, 3.05) is 0 Å². The number of fused-ring (bicyclic) bond motifs is 5. The van der Waals surface area contributed by atoms with Crippen molar-refractivity contribution in [2.45, 2.75) is 112 Å². The van der Waals surface area contributed by atoms with Crippen LogP contribution in [0.1, 0.15) is 106 Å². The lowest BCUT2D eigenvalue weighted by molar-refractivity contribution is -0.0860. The summed E-state index contributed by atoms with van der Waals surface area (Å²) in [6.45, 7) is 15.0. The number of aliphatic hydroxyl groups excluding tert-OH is 1. The summed E-state index contributed by atoms with van der Waals surface area (Å²) in [5.74, 6) is 5.88. The summed E-state index contributed by atoms with van der Waals surface area (Å²) in [5, 5.41) is 10.3. The van der Waals surface area contributed by atoms with Gasteiger partial charge in [-0.3, -0.25) is 0 Å². The van der Waals surface area contributed by atoms with Gasteiger partial charge in [0.05, 0.1) is 6.10 Å². The fourth-order valence-corrected chi connectivity index (χ4v) is 8.52. The molecule has 0 aromatic carbocycles. The van der Waals surface area contributed by atoms with Crippen LogP contribution in [0.15, 0.2) is 11.6 Å². The number of rotatable bonds is 5. The first kappa shape index (κ1) is 21.9. The summed E-state index contributed by atoms with van der Waals surface area (Å²) in [7, 11) is 0. The quantitative estimate of drug-likeness (QED) is 0.470. The first-order valence-corrected chi connectivity index (χ1v) is 13.1. The third-order valence-electron chi connectivity index (χ3n) is 11.0. The number of allylic oxidation sites excluding steroid dienone is 2. The van der Waals surface area contributed by atoms with Gasteiger partial charge in [0.15, 0.2) is 0 Å². The molecule has 0 bridgehead atoms. The molecule has 4 rings (SSSR count). The molecule has 0 amide bonds. The van der Waals surface area contributed by atoms with Gasteiger partial charge in [0.2, 0.25) is 0 Å². The molecule has 0 aromatic heterocycles. The highest BCUT2D eigenvalue weighted by molar-refractivity contribution is 5.30. The van der Waals surface area contributed by atoms with Crippen LogP contribution in [-0.4, -0.2) is 11.2 Å². The second-order valence-electron chi connectivity index (χ2n) is 12.7. The Morgan fingerprint density at radius 1 is 1.00 bits per heavy atom. The van der Waals surface area contributed by atoms with E-state index < -0.39 is 0 Å². The van der Waals surface area contributed by atoms with Gasteiger partial charge in [0.25, 0.3) is 0 Å². The zero-order valence-electron chi connectivity index (χ0n) is 20.2. The molecule has 4 aliphatic rings. The maximum atomic E-state index is 10.3. The van der Waals surface area contributed by atoms with Crippen LogP contribution in [0.4, 0.5) is 0 Å². The van der Waals surface area contributed by atoms with Crippen LogP contribution in [0, 0.1) is 52.3 Å². The van der Waals surface area contributed by atoms with E-state index in [0.717, 1.165) is 54.3 Å². The molecule has 1 heteroatoms. The Balaban J connectivity index is 1.47. The van der Waals surface area contributed by atoms with Gasteiger partial charge in [-0.1, -0.05) is 66.0 Å². The highest BCUT2D eigenvalue weighted by Crippen LogP contribution is 2.66. The highest BCUT2D eigenvalue weighted by atomic mass is 16.3. The van der Waals surface area contributed by atoms with Crippen molar-refractivity contribution in [1.29, 1.82) is 0 Å². The lowest BCUT2D eigenvalue weighted by Crippen LogP contribution is -2.52. The predicted molar refractivity (Wildman–Crippen MR) is 124 cm³/mol. The third kappa shape index (κ3) is 3.66. The number of aliphatic hydroxyl groups is 1. The monoisotopic (exact) mass is 400 g/mol. The average Bonchev–Trinajstić information content (AvgIpc) is 3.03. The van der Waals surface area contributed by atoms with Crippen LogP contribution in [0.5, 0.6) is 0 Å². The normalized spacial score (nSPS) is 46.5. The van der Waals surface area contributed by atoms with E-state index in [4.69, 9.17) is 0 Å². The van der Waals surface area contributed by atoms with Gasteiger partial charge in [-0.05, 0) is 104 Å². The molecule has 0 spiro atoms. The minimum atomic E-state index is -0.0253. The first-order valence-electron chi connectivity index (χ1n) is 13.1. The lowest BCUT2D eigenvalue weighted by atomic mass is 9.45. The number of hydrogen-bond donors (Lipinski definition) is 1. The van der Waals surface area contributed by atoms with Gasteiger partial charge in [-0.25, -0.2) is 0 Å². The summed E-state index contributed by atoms with van der Waals surface area (Å²) >= 11 is 0. The number of hydrogen-bond acceptors (Lipinski definition) is 1. The minimum absolute atomic E-state index is 0.0253. The van der Waals surface area contributed by atoms with E-state index in [9.17, 15) is 5.11 Å². The van der Waals surface area contributed by atoms with Gasteiger partial charge >= 0.3 is 0 Å². The second-order valence-corrected chi connectivity index (χ2v) is 12.7. The highest BCUT2D eigenvalue weighted by Gasteiger charge is 2.57. The van der Waals surface area contributed by atoms with Crippen LogP contribution in [0.3, 0.4) is 0 Å². The van der Waals surface area contributed by atoms with E-state index in [1.807, 2.05) is 5.57 Å². The van der Waals surface area contributed by atoms with Crippen LogP contribution < -0.4 is 0 Å². The molecular weight excluding hydrogens is 352 g/mol. The van der Waals surface area contributed by atoms with Crippen LogP contribution in [-0.2, 0) is 0 Å². The molecule has 3 fully saturated rings. The Morgan fingerprint density at radius 3 is 2.48 bits per heavy atom. The van der Waals surface area contributed by atoms with Gasteiger partial charge in [0, 0.05) is 0 Å². The van der Waals surface area contributed by atoms with Crippen molar-refractivity contribution in [1.82, 2.24) is 0 Å². The lowest BCUT2D eigenvalue weighted by Gasteiger charge is -2.60. The molecule has 166 valence electrons. The average molecular weight is 401 g/mol.